The average molecular weight is 397 g/mol. The number of rotatable bonds is 4. The van der Waals surface area contributed by atoms with Gasteiger partial charge in [-0.15, -0.1) is 9.24 Å². The first kappa shape index (κ1) is 23.2. The molecule has 154 valence electrons. The first-order chi connectivity index (χ1) is 13.3. The van der Waals surface area contributed by atoms with Gasteiger partial charge in [0.25, 0.3) is 0 Å². The second-order valence-electron chi connectivity index (χ2n) is 9.30. The topological polar surface area (TPSA) is 0 Å². The Hall–Kier alpha value is -1.13. The zero-order valence-corrected chi connectivity index (χ0v) is 20.1. The minimum atomic E-state index is 0.538. The molecule has 0 nitrogen and oxygen atoms in total. The van der Waals surface area contributed by atoms with Gasteiger partial charge >= 0.3 is 0 Å². The van der Waals surface area contributed by atoms with Gasteiger partial charge in [0.05, 0.1) is 0 Å². The Morgan fingerprint density at radius 1 is 0.714 bits per heavy atom. The van der Waals surface area contributed by atoms with Crippen LogP contribution in [0.15, 0.2) is 42.5 Å². The van der Waals surface area contributed by atoms with Crippen LogP contribution in [0.1, 0.15) is 108 Å². The van der Waals surface area contributed by atoms with Crippen LogP contribution in [0, 0.1) is 0 Å². The van der Waals surface area contributed by atoms with Gasteiger partial charge in [-0.1, -0.05) is 103 Å². The summed E-state index contributed by atoms with van der Waals surface area (Å²) in [5.41, 5.74) is 8.17. The Labute approximate surface area is 176 Å². The molecule has 1 atom stereocenters. The molecule has 1 unspecified atom stereocenters. The van der Waals surface area contributed by atoms with E-state index in [-0.39, 0.29) is 0 Å². The van der Waals surface area contributed by atoms with Crippen LogP contribution in [-0.2, 0) is 0 Å². The van der Waals surface area contributed by atoms with E-state index < -0.39 is 0 Å². The Bertz CT molecular complexity index is 677. The minimum Gasteiger partial charge on any atom is -0.134 e. The average Bonchev–Trinajstić information content (AvgIpc) is 2.68. The molecule has 0 N–H and O–H groups in total. The van der Waals surface area contributed by atoms with Crippen LogP contribution in [-0.4, -0.2) is 5.66 Å². The third kappa shape index (κ3) is 6.45. The maximum atomic E-state index is 2.91. The lowest BCUT2D eigenvalue weighted by Gasteiger charge is -2.23. The molecule has 1 fully saturated rings. The SMILES string of the molecule is CC(C)c1cc(C(C)C)c(-c2ccccc2)c(C(C)C)c1.PC1CCCCC1. The third-order valence-electron chi connectivity index (χ3n) is 5.84. The normalized spacial score (nSPS) is 15.1. The van der Waals surface area contributed by atoms with Crippen molar-refractivity contribution in [3.05, 3.63) is 59.2 Å². The molecule has 0 spiro atoms. The molecule has 0 bridgehead atoms. The van der Waals surface area contributed by atoms with Gasteiger partial charge in [0.2, 0.25) is 0 Å². The van der Waals surface area contributed by atoms with E-state index in [0.29, 0.717) is 17.8 Å². The second kappa shape index (κ2) is 11.2. The maximum absolute atomic E-state index is 2.91. The summed E-state index contributed by atoms with van der Waals surface area (Å²) in [7, 11) is 2.91. The lowest BCUT2D eigenvalue weighted by molar-refractivity contribution is 0.516. The van der Waals surface area contributed by atoms with E-state index in [0.717, 1.165) is 5.66 Å². The molecule has 0 amide bonds. The largest absolute Gasteiger partial charge is 0.134 e. The van der Waals surface area contributed by atoms with Crippen molar-refractivity contribution in [2.75, 3.05) is 0 Å². The Morgan fingerprint density at radius 2 is 1.21 bits per heavy atom. The Kier molecular flexibility index (Phi) is 9.23. The molecule has 2 aromatic carbocycles. The lowest BCUT2D eigenvalue weighted by atomic mass is 9.82. The summed E-state index contributed by atoms with van der Waals surface area (Å²) in [6.07, 6.45) is 7.31. The van der Waals surface area contributed by atoms with E-state index in [1.54, 1.807) is 0 Å². The minimum absolute atomic E-state index is 0.538. The van der Waals surface area contributed by atoms with Crippen LogP contribution in [0.3, 0.4) is 0 Å². The zero-order chi connectivity index (χ0) is 20.7. The second-order valence-corrected chi connectivity index (χ2v) is 10.2. The number of hydrogen-bond donors (Lipinski definition) is 0. The fourth-order valence-electron chi connectivity index (χ4n) is 4.03. The van der Waals surface area contributed by atoms with Gasteiger partial charge in [0.15, 0.2) is 0 Å². The smallest absolute Gasteiger partial charge is 0.0114 e. The number of hydrogen-bond acceptors (Lipinski definition) is 0. The van der Waals surface area contributed by atoms with Gasteiger partial charge in [0, 0.05) is 0 Å². The van der Waals surface area contributed by atoms with Crippen LogP contribution in [0.2, 0.25) is 0 Å². The van der Waals surface area contributed by atoms with E-state index >= 15 is 0 Å². The van der Waals surface area contributed by atoms with Crippen molar-refractivity contribution >= 4 is 9.24 Å². The summed E-state index contributed by atoms with van der Waals surface area (Å²) >= 11 is 0. The van der Waals surface area contributed by atoms with Gasteiger partial charge in [-0.25, -0.2) is 0 Å². The molecular weight excluding hydrogens is 355 g/mol. The summed E-state index contributed by atoms with van der Waals surface area (Å²) in [5, 5.41) is 0. The quantitative estimate of drug-likeness (QED) is 0.452. The monoisotopic (exact) mass is 396 g/mol. The van der Waals surface area contributed by atoms with Gasteiger partial charge in [-0.2, -0.15) is 0 Å². The van der Waals surface area contributed by atoms with E-state index in [1.165, 1.54) is 59.9 Å². The lowest BCUT2D eigenvalue weighted by Crippen LogP contribution is -2.03. The molecule has 1 aliphatic rings. The van der Waals surface area contributed by atoms with Crippen molar-refractivity contribution in [3.8, 4) is 11.1 Å². The molecular formula is C27H41P. The summed E-state index contributed by atoms with van der Waals surface area (Å²) < 4.78 is 0. The van der Waals surface area contributed by atoms with Crippen LogP contribution in [0.4, 0.5) is 0 Å². The van der Waals surface area contributed by atoms with Crippen molar-refractivity contribution in [1.29, 1.82) is 0 Å². The van der Waals surface area contributed by atoms with Crippen molar-refractivity contribution in [2.45, 2.75) is 97.1 Å². The first-order valence-corrected chi connectivity index (χ1v) is 12.0. The van der Waals surface area contributed by atoms with Crippen molar-refractivity contribution in [2.24, 2.45) is 0 Å². The van der Waals surface area contributed by atoms with E-state index in [4.69, 9.17) is 0 Å². The molecule has 0 saturated heterocycles. The van der Waals surface area contributed by atoms with Crippen LogP contribution in [0.25, 0.3) is 11.1 Å². The Balaban J connectivity index is 0.000000336. The van der Waals surface area contributed by atoms with Crippen LogP contribution in [0.5, 0.6) is 0 Å². The van der Waals surface area contributed by atoms with Crippen molar-refractivity contribution in [3.63, 3.8) is 0 Å². The summed E-state index contributed by atoms with van der Waals surface area (Å²) in [4.78, 5) is 0. The Morgan fingerprint density at radius 3 is 1.57 bits per heavy atom. The van der Waals surface area contributed by atoms with Gasteiger partial charge in [-0.05, 0) is 64.1 Å². The fourth-order valence-corrected chi connectivity index (χ4v) is 4.50. The fraction of sp³-hybridized carbons (Fsp3) is 0.556. The highest BCUT2D eigenvalue weighted by Crippen LogP contribution is 2.38. The molecule has 1 heteroatoms. The highest BCUT2D eigenvalue weighted by atomic mass is 31.0. The van der Waals surface area contributed by atoms with Gasteiger partial charge in [0.1, 0.15) is 0 Å². The molecule has 28 heavy (non-hydrogen) atoms. The molecule has 0 aromatic heterocycles. The van der Waals surface area contributed by atoms with E-state index in [1.807, 2.05) is 0 Å². The van der Waals surface area contributed by atoms with Gasteiger partial charge in [-0.3, -0.25) is 0 Å². The van der Waals surface area contributed by atoms with Crippen LogP contribution < -0.4 is 0 Å². The molecule has 2 aromatic rings. The van der Waals surface area contributed by atoms with E-state index in [2.05, 4.69) is 93.2 Å². The van der Waals surface area contributed by atoms with Crippen LogP contribution >= 0.6 is 9.24 Å². The predicted octanol–water partition coefficient (Wildman–Crippen LogP) is 8.92. The number of benzene rings is 2. The first-order valence-electron chi connectivity index (χ1n) is 11.3. The standard InChI is InChI=1S/C21H28.C6H13P/c1-14(2)18-12-19(15(3)4)21(20(13-18)16(5)6)17-10-8-7-9-11-17;7-6-4-2-1-3-5-6/h7-16H,1-6H3;6H,1-5,7H2. The molecule has 0 heterocycles. The maximum Gasteiger partial charge on any atom is -0.0114 e. The third-order valence-corrected chi connectivity index (χ3v) is 6.51. The van der Waals surface area contributed by atoms with Gasteiger partial charge < -0.3 is 0 Å². The highest BCUT2D eigenvalue weighted by Gasteiger charge is 2.18. The molecule has 0 aliphatic heterocycles. The molecule has 3 rings (SSSR count). The molecule has 1 saturated carbocycles. The van der Waals surface area contributed by atoms with E-state index in [9.17, 15) is 0 Å². The summed E-state index contributed by atoms with van der Waals surface area (Å²) in [6.45, 7) is 13.8. The summed E-state index contributed by atoms with van der Waals surface area (Å²) in [5.74, 6) is 1.65. The highest BCUT2D eigenvalue weighted by molar-refractivity contribution is 7.17. The summed E-state index contributed by atoms with van der Waals surface area (Å²) in [6, 6.07) is 15.7. The molecule has 1 aliphatic carbocycles. The zero-order valence-electron chi connectivity index (χ0n) is 19.0. The van der Waals surface area contributed by atoms with Crippen molar-refractivity contribution in [1.82, 2.24) is 0 Å². The molecule has 0 radical (unpaired) electrons. The predicted molar refractivity (Wildman–Crippen MR) is 131 cm³/mol. The van der Waals surface area contributed by atoms with Crippen molar-refractivity contribution < 1.29 is 0 Å².